The van der Waals surface area contributed by atoms with Crippen molar-refractivity contribution in [2.75, 3.05) is 12.9 Å². The molecular weight excluding hydrogens is 452 g/mol. The molecule has 2 N–H and O–H groups in total. The van der Waals surface area contributed by atoms with Gasteiger partial charge in [-0.3, -0.25) is 4.79 Å². The van der Waals surface area contributed by atoms with E-state index in [1.165, 1.54) is 18.9 Å². The fourth-order valence-electron chi connectivity index (χ4n) is 2.83. The number of amides is 2. The van der Waals surface area contributed by atoms with Crippen molar-refractivity contribution < 1.29 is 23.9 Å². The Labute approximate surface area is 205 Å². The minimum absolute atomic E-state index is 0.183. The summed E-state index contributed by atoms with van der Waals surface area (Å²) in [5, 5.41) is 8.22. The zero-order chi connectivity index (χ0) is 25.0. The van der Waals surface area contributed by atoms with Crippen LogP contribution in [0.2, 0.25) is 0 Å². The number of alkyl carbamates (subject to hydrolysis) is 1. The smallest absolute Gasteiger partial charge is 0.408 e. The second kappa shape index (κ2) is 13.3. The van der Waals surface area contributed by atoms with E-state index in [0.29, 0.717) is 0 Å². The van der Waals surface area contributed by atoms with E-state index in [1.807, 2.05) is 60.7 Å². The number of nitrogens with one attached hydrogen (secondary N) is 2. The molecule has 7 nitrogen and oxygen atoms in total. The molecule has 0 aliphatic rings. The molecule has 2 atom stereocenters. The molecule has 2 amide bonds. The standard InChI is InChI=1S/C26H30N2O5S/c1-26(2,3)33-25(31)28-21(17-20-13-9-6-10-14-20)23(29)27-22(24(30)32-4)18-34-16-15-19-11-7-5-8-12-19/h5-14,21-22H,17-18H2,1-4H3,(H,27,29)(H,28,31)/t21-,22-/m0/s1. The maximum Gasteiger partial charge on any atom is 0.408 e. The summed E-state index contributed by atoms with van der Waals surface area (Å²) in [6.45, 7) is 5.21. The highest BCUT2D eigenvalue weighted by Crippen LogP contribution is 2.10. The molecule has 0 saturated carbocycles. The number of benzene rings is 2. The molecule has 2 aromatic carbocycles. The Hall–Kier alpha value is -3.44. The number of carbonyl (C=O) groups is 3. The topological polar surface area (TPSA) is 93.7 Å². The second-order valence-electron chi connectivity index (χ2n) is 8.38. The van der Waals surface area contributed by atoms with E-state index in [9.17, 15) is 14.4 Å². The van der Waals surface area contributed by atoms with Crippen LogP contribution in [0.25, 0.3) is 0 Å². The van der Waals surface area contributed by atoms with E-state index in [-0.39, 0.29) is 12.2 Å². The van der Waals surface area contributed by atoms with Crippen LogP contribution in [0.1, 0.15) is 31.9 Å². The Morgan fingerprint density at radius 1 is 0.941 bits per heavy atom. The number of hydrogen-bond donors (Lipinski definition) is 2. The van der Waals surface area contributed by atoms with Gasteiger partial charge in [-0.15, -0.1) is 0 Å². The van der Waals surface area contributed by atoms with E-state index >= 15 is 0 Å². The average molecular weight is 483 g/mol. The van der Waals surface area contributed by atoms with Crippen LogP contribution in [0.3, 0.4) is 0 Å². The first-order valence-electron chi connectivity index (χ1n) is 10.8. The summed E-state index contributed by atoms with van der Waals surface area (Å²) in [5.74, 6) is 2.05. The van der Waals surface area contributed by atoms with Gasteiger partial charge in [0.25, 0.3) is 0 Å². The third-order valence-electron chi connectivity index (χ3n) is 4.38. The largest absolute Gasteiger partial charge is 0.467 e. The first kappa shape index (κ1) is 26.8. The fraction of sp³-hybridized carbons (Fsp3) is 0.346. The monoisotopic (exact) mass is 482 g/mol. The molecule has 0 aliphatic carbocycles. The summed E-state index contributed by atoms with van der Waals surface area (Å²) in [7, 11) is 1.25. The first-order chi connectivity index (χ1) is 16.2. The SMILES string of the molecule is COC(=O)[C@H](CSC#Cc1ccccc1)NC(=O)[C@H](Cc1ccccc1)NC(=O)OC(C)(C)C. The Morgan fingerprint density at radius 2 is 1.56 bits per heavy atom. The van der Waals surface area contributed by atoms with Crippen LogP contribution in [0.5, 0.6) is 0 Å². The van der Waals surface area contributed by atoms with E-state index in [1.54, 1.807) is 20.8 Å². The molecule has 0 saturated heterocycles. The minimum atomic E-state index is -0.954. The zero-order valence-corrected chi connectivity index (χ0v) is 20.6. The predicted octanol–water partition coefficient (Wildman–Crippen LogP) is 3.52. The lowest BCUT2D eigenvalue weighted by atomic mass is 10.1. The maximum atomic E-state index is 13.1. The van der Waals surface area contributed by atoms with E-state index < -0.39 is 35.7 Å². The second-order valence-corrected chi connectivity index (χ2v) is 9.20. The summed E-state index contributed by atoms with van der Waals surface area (Å²) in [6, 6.07) is 16.8. The maximum absolute atomic E-state index is 13.1. The summed E-state index contributed by atoms with van der Waals surface area (Å²) < 4.78 is 10.2. The van der Waals surface area contributed by atoms with Gasteiger partial charge in [0.1, 0.15) is 17.7 Å². The van der Waals surface area contributed by atoms with Crippen molar-refractivity contribution in [3.63, 3.8) is 0 Å². The number of ether oxygens (including phenoxy) is 2. The Balaban J connectivity index is 2.09. The number of hydrogen-bond acceptors (Lipinski definition) is 6. The lowest BCUT2D eigenvalue weighted by Crippen LogP contribution is -2.54. The summed E-state index contributed by atoms with van der Waals surface area (Å²) in [4.78, 5) is 37.7. The van der Waals surface area contributed by atoms with Crippen LogP contribution in [-0.2, 0) is 25.5 Å². The van der Waals surface area contributed by atoms with Gasteiger partial charge in [0.2, 0.25) is 5.91 Å². The highest BCUT2D eigenvalue weighted by atomic mass is 32.2. The predicted molar refractivity (Wildman–Crippen MR) is 133 cm³/mol. The third-order valence-corrected chi connectivity index (χ3v) is 5.13. The van der Waals surface area contributed by atoms with Crippen LogP contribution in [-0.4, -0.2) is 48.5 Å². The molecule has 0 aliphatic heterocycles. The van der Waals surface area contributed by atoms with Gasteiger partial charge in [0, 0.05) is 17.7 Å². The van der Waals surface area contributed by atoms with Gasteiger partial charge < -0.3 is 20.1 Å². The number of methoxy groups -OCH3 is 1. The van der Waals surface area contributed by atoms with Crippen LogP contribution in [0.4, 0.5) is 4.79 Å². The van der Waals surface area contributed by atoms with Gasteiger partial charge in [-0.25, -0.2) is 9.59 Å². The Morgan fingerprint density at radius 3 is 2.15 bits per heavy atom. The van der Waals surface area contributed by atoms with Crippen LogP contribution >= 0.6 is 11.8 Å². The van der Waals surface area contributed by atoms with Gasteiger partial charge in [0.05, 0.1) is 7.11 Å². The van der Waals surface area contributed by atoms with Crippen LogP contribution in [0.15, 0.2) is 60.7 Å². The molecule has 180 valence electrons. The molecular formula is C26H30N2O5S. The normalized spacial score (nSPS) is 12.4. The van der Waals surface area contributed by atoms with Crippen LogP contribution in [0, 0.1) is 11.2 Å². The third kappa shape index (κ3) is 10.0. The molecule has 34 heavy (non-hydrogen) atoms. The molecule has 2 aromatic rings. The Kier molecular flexibility index (Phi) is 10.5. The lowest BCUT2D eigenvalue weighted by Gasteiger charge is -2.24. The highest BCUT2D eigenvalue weighted by Gasteiger charge is 2.29. The average Bonchev–Trinajstić information content (AvgIpc) is 2.80. The molecule has 0 spiro atoms. The summed E-state index contributed by atoms with van der Waals surface area (Å²) in [6.07, 6.45) is -0.498. The van der Waals surface area contributed by atoms with Crippen molar-refractivity contribution in [3.05, 3.63) is 71.8 Å². The van der Waals surface area contributed by atoms with Gasteiger partial charge in [0.15, 0.2) is 0 Å². The number of carbonyl (C=O) groups excluding carboxylic acids is 3. The fourth-order valence-corrected chi connectivity index (χ4v) is 3.49. The van der Waals surface area contributed by atoms with Gasteiger partial charge >= 0.3 is 12.1 Å². The van der Waals surface area contributed by atoms with E-state index in [0.717, 1.165) is 11.1 Å². The number of rotatable bonds is 8. The molecule has 0 unspecified atom stereocenters. The number of thioether (sulfide) groups is 1. The minimum Gasteiger partial charge on any atom is -0.467 e. The van der Waals surface area contributed by atoms with Gasteiger partial charge in [-0.2, -0.15) is 0 Å². The van der Waals surface area contributed by atoms with Gasteiger partial charge in [-0.1, -0.05) is 66.2 Å². The molecule has 0 radical (unpaired) electrons. The number of esters is 1. The summed E-state index contributed by atoms with van der Waals surface area (Å²) in [5.41, 5.74) is 0.968. The van der Waals surface area contributed by atoms with Gasteiger partial charge in [-0.05, 0) is 43.7 Å². The van der Waals surface area contributed by atoms with Crippen molar-refractivity contribution in [1.29, 1.82) is 0 Å². The molecule has 2 rings (SSSR count). The quantitative estimate of drug-likeness (QED) is 0.442. The molecule has 8 heteroatoms. The van der Waals surface area contributed by atoms with Crippen LogP contribution < -0.4 is 10.6 Å². The highest BCUT2D eigenvalue weighted by molar-refractivity contribution is 8.03. The van der Waals surface area contributed by atoms with Crippen molar-refractivity contribution >= 4 is 29.7 Å². The van der Waals surface area contributed by atoms with Crippen molar-refractivity contribution in [2.45, 2.75) is 44.9 Å². The zero-order valence-electron chi connectivity index (χ0n) is 19.8. The molecule has 0 fully saturated rings. The van der Waals surface area contributed by atoms with Crippen molar-refractivity contribution in [3.8, 4) is 11.2 Å². The van der Waals surface area contributed by atoms with Crippen molar-refractivity contribution in [2.24, 2.45) is 0 Å². The van der Waals surface area contributed by atoms with E-state index in [4.69, 9.17) is 9.47 Å². The molecule has 0 bridgehead atoms. The van der Waals surface area contributed by atoms with E-state index in [2.05, 4.69) is 21.8 Å². The lowest BCUT2D eigenvalue weighted by molar-refractivity contribution is -0.144. The summed E-state index contributed by atoms with van der Waals surface area (Å²) >= 11 is 1.19. The first-order valence-corrected chi connectivity index (χ1v) is 11.8. The molecule has 0 aromatic heterocycles. The van der Waals surface area contributed by atoms with Crippen molar-refractivity contribution in [1.82, 2.24) is 10.6 Å². The Bertz CT molecular complexity index is 1010. The molecule has 0 heterocycles.